The molecule has 30 heavy (non-hydrogen) atoms. The van der Waals surface area contributed by atoms with Crippen LogP contribution in [0.25, 0.3) is 0 Å². The molecular formula is C21H37IN6O2. The van der Waals surface area contributed by atoms with Crippen LogP contribution in [0.5, 0.6) is 0 Å². The molecular weight excluding hydrogens is 495 g/mol. The monoisotopic (exact) mass is 532 g/mol. The number of nitrogens with one attached hydrogen (secondary N) is 1. The van der Waals surface area contributed by atoms with Gasteiger partial charge in [-0.05, 0) is 32.5 Å². The standard InChI is InChI=1S/C21H36N6O2.HI/c1-4-22-21(23-17-18(3)25-10-8-24(5-2)9-11-25)27-14-12-26(13-15-27)20(28)19-7-6-16-29-19;/h6-7,16,18H,4-5,8-15,17H2,1-3H3,(H,22,23);1H. The van der Waals surface area contributed by atoms with Gasteiger partial charge in [0.2, 0.25) is 0 Å². The Balaban J connectivity index is 0.00000320. The van der Waals surface area contributed by atoms with Gasteiger partial charge in [-0.25, -0.2) is 0 Å². The van der Waals surface area contributed by atoms with Gasteiger partial charge in [0.1, 0.15) is 0 Å². The lowest BCUT2D eigenvalue weighted by atomic mass is 10.2. The molecule has 0 saturated carbocycles. The van der Waals surface area contributed by atoms with Gasteiger partial charge in [-0.2, -0.15) is 0 Å². The second-order valence-electron chi connectivity index (χ2n) is 7.77. The molecule has 0 aromatic carbocycles. The third-order valence-corrected chi connectivity index (χ3v) is 5.92. The summed E-state index contributed by atoms with van der Waals surface area (Å²) in [7, 11) is 0. The molecule has 8 nitrogen and oxygen atoms in total. The van der Waals surface area contributed by atoms with Crippen molar-refractivity contribution in [2.24, 2.45) is 4.99 Å². The van der Waals surface area contributed by atoms with E-state index >= 15 is 0 Å². The molecule has 2 aliphatic heterocycles. The van der Waals surface area contributed by atoms with Crippen LogP contribution < -0.4 is 5.32 Å². The first-order valence-electron chi connectivity index (χ1n) is 10.9. The van der Waals surface area contributed by atoms with Crippen LogP contribution >= 0.6 is 24.0 Å². The van der Waals surface area contributed by atoms with Gasteiger partial charge in [0.25, 0.3) is 5.91 Å². The van der Waals surface area contributed by atoms with Crippen molar-refractivity contribution in [2.75, 3.05) is 72.0 Å². The average Bonchev–Trinajstić information content (AvgIpc) is 3.31. The minimum absolute atomic E-state index is 0. The van der Waals surface area contributed by atoms with E-state index in [0.717, 1.165) is 64.9 Å². The van der Waals surface area contributed by atoms with E-state index in [1.807, 2.05) is 4.90 Å². The van der Waals surface area contributed by atoms with Crippen LogP contribution in [0.2, 0.25) is 0 Å². The molecule has 3 heterocycles. The van der Waals surface area contributed by atoms with Gasteiger partial charge in [-0.1, -0.05) is 6.92 Å². The number of hydrogen-bond acceptors (Lipinski definition) is 5. The van der Waals surface area contributed by atoms with Gasteiger partial charge in [0.15, 0.2) is 11.7 Å². The zero-order valence-electron chi connectivity index (χ0n) is 18.5. The lowest BCUT2D eigenvalue weighted by molar-refractivity contribution is 0.0657. The summed E-state index contributed by atoms with van der Waals surface area (Å²) < 4.78 is 5.25. The van der Waals surface area contributed by atoms with E-state index in [0.29, 0.717) is 24.9 Å². The summed E-state index contributed by atoms with van der Waals surface area (Å²) in [6.07, 6.45) is 1.54. The molecule has 2 fully saturated rings. The van der Waals surface area contributed by atoms with Crippen LogP contribution in [0.1, 0.15) is 31.3 Å². The van der Waals surface area contributed by atoms with Crippen LogP contribution in [0.4, 0.5) is 0 Å². The highest BCUT2D eigenvalue weighted by Gasteiger charge is 2.25. The third kappa shape index (κ3) is 6.58. The zero-order chi connectivity index (χ0) is 20.6. The van der Waals surface area contributed by atoms with Crippen LogP contribution in [0.3, 0.4) is 0 Å². The molecule has 0 aliphatic carbocycles. The number of nitrogens with zero attached hydrogens (tertiary/aromatic N) is 5. The highest BCUT2D eigenvalue weighted by molar-refractivity contribution is 14.0. The number of piperazine rings is 2. The lowest BCUT2D eigenvalue weighted by Gasteiger charge is -2.38. The summed E-state index contributed by atoms with van der Waals surface area (Å²) >= 11 is 0. The molecule has 170 valence electrons. The van der Waals surface area contributed by atoms with Crippen molar-refractivity contribution in [1.82, 2.24) is 24.9 Å². The summed E-state index contributed by atoms with van der Waals surface area (Å²) in [5.41, 5.74) is 0. The quantitative estimate of drug-likeness (QED) is 0.342. The highest BCUT2D eigenvalue weighted by Crippen LogP contribution is 2.11. The lowest BCUT2D eigenvalue weighted by Crippen LogP contribution is -2.54. The number of carbonyl (C=O) groups is 1. The molecule has 1 amide bonds. The maximum Gasteiger partial charge on any atom is 0.289 e. The van der Waals surface area contributed by atoms with E-state index in [9.17, 15) is 4.79 Å². The van der Waals surface area contributed by atoms with Gasteiger partial charge in [0, 0.05) is 64.9 Å². The van der Waals surface area contributed by atoms with Gasteiger partial charge >= 0.3 is 0 Å². The van der Waals surface area contributed by atoms with Crippen molar-refractivity contribution in [3.8, 4) is 0 Å². The van der Waals surface area contributed by atoms with Crippen molar-refractivity contribution in [1.29, 1.82) is 0 Å². The van der Waals surface area contributed by atoms with Crippen LogP contribution in [0.15, 0.2) is 27.8 Å². The molecule has 1 aromatic rings. The van der Waals surface area contributed by atoms with Crippen molar-refractivity contribution in [3.05, 3.63) is 24.2 Å². The first kappa shape index (κ1) is 24.9. The number of halogens is 1. The Labute approximate surface area is 197 Å². The summed E-state index contributed by atoms with van der Waals surface area (Å²) in [6, 6.07) is 3.91. The molecule has 9 heteroatoms. The molecule has 2 saturated heterocycles. The summed E-state index contributed by atoms with van der Waals surface area (Å²) in [6.45, 7) is 16.8. The first-order valence-corrected chi connectivity index (χ1v) is 10.9. The molecule has 1 N–H and O–H groups in total. The van der Waals surface area contributed by atoms with E-state index < -0.39 is 0 Å². The van der Waals surface area contributed by atoms with E-state index in [4.69, 9.17) is 9.41 Å². The Bertz CT molecular complexity index is 652. The Morgan fingerprint density at radius 1 is 1.10 bits per heavy atom. The number of rotatable bonds is 6. The molecule has 1 unspecified atom stereocenters. The van der Waals surface area contributed by atoms with E-state index in [1.165, 1.54) is 0 Å². The van der Waals surface area contributed by atoms with Crippen LogP contribution in [0, 0.1) is 0 Å². The molecule has 0 radical (unpaired) electrons. The minimum Gasteiger partial charge on any atom is -0.459 e. The fourth-order valence-electron chi connectivity index (χ4n) is 3.96. The summed E-state index contributed by atoms with van der Waals surface area (Å²) in [4.78, 5) is 26.5. The van der Waals surface area contributed by atoms with Gasteiger partial charge in [0.05, 0.1) is 12.8 Å². The second-order valence-corrected chi connectivity index (χ2v) is 7.77. The van der Waals surface area contributed by atoms with E-state index in [2.05, 4.69) is 40.8 Å². The fourth-order valence-corrected chi connectivity index (χ4v) is 3.96. The van der Waals surface area contributed by atoms with Gasteiger partial charge in [-0.15, -0.1) is 24.0 Å². The Morgan fingerprint density at radius 3 is 2.33 bits per heavy atom. The molecule has 0 bridgehead atoms. The SMILES string of the molecule is CCNC(=NCC(C)N1CCN(CC)CC1)N1CCN(C(=O)c2ccco2)CC1.I. The maximum atomic E-state index is 12.5. The number of hydrogen-bond donors (Lipinski definition) is 1. The maximum absolute atomic E-state index is 12.5. The van der Waals surface area contributed by atoms with Crippen LogP contribution in [-0.2, 0) is 0 Å². The zero-order valence-corrected chi connectivity index (χ0v) is 20.9. The Morgan fingerprint density at radius 2 is 1.77 bits per heavy atom. The minimum atomic E-state index is -0.0311. The van der Waals surface area contributed by atoms with Crippen LogP contribution in [-0.4, -0.2) is 110 Å². The number of aliphatic imine (C=N–C) groups is 1. The number of furan rings is 1. The summed E-state index contributed by atoms with van der Waals surface area (Å²) in [5.74, 6) is 1.34. The predicted molar refractivity (Wildman–Crippen MR) is 131 cm³/mol. The normalized spacial score (nSPS) is 20.0. The number of likely N-dealkylation sites (N-methyl/N-ethyl adjacent to an activating group) is 1. The summed E-state index contributed by atoms with van der Waals surface area (Å²) in [5, 5.41) is 3.43. The molecule has 2 aliphatic rings. The molecule has 1 atom stereocenters. The Kier molecular flexibility index (Phi) is 10.4. The van der Waals surface area contributed by atoms with E-state index in [1.54, 1.807) is 18.4 Å². The molecule has 1 aromatic heterocycles. The first-order chi connectivity index (χ1) is 14.1. The highest BCUT2D eigenvalue weighted by atomic mass is 127. The number of guanidine groups is 1. The smallest absolute Gasteiger partial charge is 0.289 e. The number of carbonyl (C=O) groups excluding carboxylic acids is 1. The predicted octanol–water partition coefficient (Wildman–Crippen LogP) is 1.65. The Hall–Kier alpha value is -1.33. The molecule has 0 spiro atoms. The van der Waals surface area contributed by atoms with Gasteiger partial charge < -0.3 is 24.4 Å². The van der Waals surface area contributed by atoms with E-state index in [-0.39, 0.29) is 29.9 Å². The van der Waals surface area contributed by atoms with Crippen molar-refractivity contribution >= 4 is 35.8 Å². The van der Waals surface area contributed by atoms with Crippen molar-refractivity contribution in [3.63, 3.8) is 0 Å². The van der Waals surface area contributed by atoms with Crippen molar-refractivity contribution < 1.29 is 9.21 Å². The molecule has 3 rings (SSSR count). The fraction of sp³-hybridized carbons (Fsp3) is 0.714. The second kappa shape index (κ2) is 12.5. The number of amides is 1. The topological polar surface area (TPSA) is 67.6 Å². The third-order valence-electron chi connectivity index (χ3n) is 5.92. The van der Waals surface area contributed by atoms with Gasteiger partial charge in [-0.3, -0.25) is 14.7 Å². The largest absolute Gasteiger partial charge is 0.459 e. The average molecular weight is 532 g/mol. The van der Waals surface area contributed by atoms with Crippen molar-refractivity contribution in [2.45, 2.75) is 26.8 Å².